The molecule has 0 amide bonds. The van der Waals surface area contributed by atoms with E-state index in [1.165, 1.54) is 0 Å². The molecule has 0 N–H and O–H groups in total. The van der Waals surface area contributed by atoms with Crippen LogP contribution in [0, 0.1) is 17.9 Å². The fourth-order valence-corrected chi connectivity index (χ4v) is 6.13. The second-order valence-corrected chi connectivity index (χ2v) is 12.1. The zero-order valence-electron chi connectivity index (χ0n) is 28.4. The van der Waals surface area contributed by atoms with Crippen molar-refractivity contribution in [2.45, 2.75) is 0 Å². The Balaban J connectivity index is 1.10. The number of hydrogen-bond acceptors (Lipinski definition) is 3. The highest BCUT2D eigenvalue weighted by molar-refractivity contribution is 5.84. The van der Waals surface area contributed by atoms with Gasteiger partial charge in [0.25, 0.3) is 0 Å². The molecule has 246 valence electrons. The maximum Gasteiger partial charge on any atom is 0.194 e. The van der Waals surface area contributed by atoms with Crippen LogP contribution in [0.25, 0.3) is 29.1 Å². The van der Waals surface area contributed by atoms with Crippen LogP contribution in [0.3, 0.4) is 0 Å². The van der Waals surface area contributed by atoms with Crippen LogP contribution in [0.15, 0.2) is 182 Å². The lowest BCUT2D eigenvalue weighted by Gasteiger charge is -2.25. The van der Waals surface area contributed by atoms with Crippen LogP contribution < -0.4 is 9.80 Å². The lowest BCUT2D eigenvalue weighted by Crippen LogP contribution is -2.09. The standard InChI is InChI=1S/C48H34N4/c1-50-48-35-39(28-22-37-24-30-46(31-25-37)51(42-14-6-2-7-15-42)43-16-8-3-9-17-43)41(36-49)34-40(48)29-23-38-26-32-47(33-27-38)52(44-18-10-4-11-19-44)45-20-12-5-13-21-45/h2-35H. The predicted molar refractivity (Wildman–Crippen MR) is 218 cm³/mol. The first-order valence-corrected chi connectivity index (χ1v) is 17.0. The van der Waals surface area contributed by atoms with Crippen LogP contribution >= 0.6 is 0 Å². The molecule has 4 nitrogen and oxygen atoms in total. The molecule has 4 heteroatoms. The summed E-state index contributed by atoms with van der Waals surface area (Å²) in [7, 11) is 0. The van der Waals surface area contributed by atoms with Crippen molar-refractivity contribution < 1.29 is 0 Å². The molecule has 7 aromatic rings. The molecule has 0 aromatic heterocycles. The highest BCUT2D eigenvalue weighted by Crippen LogP contribution is 2.36. The molecule has 0 aliphatic heterocycles. The Bertz CT molecular complexity index is 2130. The number of rotatable bonds is 10. The molecule has 0 heterocycles. The topological polar surface area (TPSA) is 34.6 Å². The van der Waals surface area contributed by atoms with Crippen LogP contribution in [0.1, 0.15) is 27.8 Å². The van der Waals surface area contributed by atoms with Crippen LogP contribution in [-0.4, -0.2) is 0 Å². The van der Waals surface area contributed by atoms with Gasteiger partial charge in [-0.3, -0.25) is 0 Å². The van der Waals surface area contributed by atoms with E-state index in [9.17, 15) is 5.26 Å². The number of hydrogen-bond donors (Lipinski definition) is 0. The fourth-order valence-electron chi connectivity index (χ4n) is 6.13. The van der Waals surface area contributed by atoms with Gasteiger partial charge in [-0.05, 0) is 107 Å². The Labute approximate surface area is 305 Å². The number of nitrogens with zero attached hydrogens (tertiary/aromatic N) is 4. The van der Waals surface area contributed by atoms with Crippen LogP contribution in [0.2, 0.25) is 0 Å². The summed E-state index contributed by atoms with van der Waals surface area (Å²) >= 11 is 0. The zero-order valence-corrected chi connectivity index (χ0v) is 28.4. The van der Waals surface area contributed by atoms with Gasteiger partial charge in [0.15, 0.2) is 5.69 Å². The molecule has 7 aromatic carbocycles. The van der Waals surface area contributed by atoms with Crippen molar-refractivity contribution in [3.63, 3.8) is 0 Å². The average molecular weight is 667 g/mol. The summed E-state index contributed by atoms with van der Waals surface area (Å²) < 4.78 is 0. The molecule has 0 spiro atoms. The molecule has 0 fully saturated rings. The molecule has 0 saturated carbocycles. The highest BCUT2D eigenvalue weighted by Gasteiger charge is 2.13. The van der Waals surface area contributed by atoms with Crippen molar-refractivity contribution in [3.05, 3.63) is 221 Å². The molecule has 0 bridgehead atoms. The van der Waals surface area contributed by atoms with E-state index in [2.05, 4.69) is 118 Å². The normalized spacial score (nSPS) is 10.9. The minimum Gasteiger partial charge on any atom is -0.311 e. The lowest BCUT2D eigenvalue weighted by atomic mass is 10.0. The van der Waals surface area contributed by atoms with Gasteiger partial charge in [0.2, 0.25) is 0 Å². The van der Waals surface area contributed by atoms with Gasteiger partial charge >= 0.3 is 0 Å². The largest absolute Gasteiger partial charge is 0.311 e. The third-order valence-electron chi connectivity index (χ3n) is 8.71. The van der Waals surface area contributed by atoms with Gasteiger partial charge in [0, 0.05) is 34.1 Å². The van der Waals surface area contributed by atoms with E-state index in [1.54, 1.807) is 12.1 Å². The summed E-state index contributed by atoms with van der Waals surface area (Å²) in [5.74, 6) is 0. The molecule has 0 aliphatic carbocycles. The Kier molecular flexibility index (Phi) is 10.1. The number of nitriles is 1. The smallest absolute Gasteiger partial charge is 0.194 e. The van der Waals surface area contributed by atoms with Crippen molar-refractivity contribution in [2.75, 3.05) is 9.80 Å². The van der Waals surface area contributed by atoms with Gasteiger partial charge < -0.3 is 9.80 Å². The van der Waals surface area contributed by atoms with Gasteiger partial charge in [-0.15, -0.1) is 0 Å². The summed E-state index contributed by atoms with van der Waals surface area (Å²) in [5, 5.41) is 10.1. The second kappa shape index (κ2) is 15.9. The van der Waals surface area contributed by atoms with Gasteiger partial charge in [0.1, 0.15) is 0 Å². The summed E-state index contributed by atoms with van der Waals surface area (Å²) in [4.78, 5) is 8.24. The third kappa shape index (κ3) is 7.58. The Morgan fingerprint density at radius 3 is 1.12 bits per heavy atom. The van der Waals surface area contributed by atoms with Gasteiger partial charge in [-0.2, -0.15) is 5.26 Å². The van der Waals surface area contributed by atoms with E-state index < -0.39 is 0 Å². The van der Waals surface area contributed by atoms with E-state index >= 15 is 0 Å². The summed E-state index contributed by atoms with van der Waals surface area (Å²) in [6, 6.07) is 63.7. The molecule has 7 rings (SSSR count). The zero-order chi connectivity index (χ0) is 35.5. The fraction of sp³-hybridized carbons (Fsp3) is 0. The summed E-state index contributed by atoms with van der Waals surface area (Å²) in [5.41, 5.74) is 10.8. The minimum atomic E-state index is 0.488. The van der Waals surface area contributed by atoms with Crippen molar-refractivity contribution in [3.8, 4) is 6.07 Å². The quantitative estimate of drug-likeness (QED) is 0.108. The molecule has 0 aliphatic rings. The highest BCUT2D eigenvalue weighted by atomic mass is 15.1. The molecule has 0 unspecified atom stereocenters. The first-order chi connectivity index (χ1) is 25.7. The average Bonchev–Trinajstić information content (AvgIpc) is 3.22. The first-order valence-electron chi connectivity index (χ1n) is 17.0. The molecule has 0 radical (unpaired) electrons. The predicted octanol–water partition coefficient (Wildman–Crippen LogP) is 13.4. The maximum atomic E-state index is 10.1. The van der Waals surface area contributed by atoms with E-state index in [0.29, 0.717) is 22.4 Å². The monoisotopic (exact) mass is 666 g/mol. The maximum absolute atomic E-state index is 10.1. The van der Waals surface area contributed by atoms with Gasteiger partial charge in [-0.25, -0.2) is 4.85 Å². The number of benzene rings is 7. The first kappa shape index (κ1) is 33.1. The van der Waals surface area contributed by atoms with E-state index in [1.807, 2.05) is 97.1 Å². The SMILES string of the molecule is [C-]#[N+]c1cc(C=Cc2ccc(N(c3ccccc3)c3ccccc3)cc2)c(C#N)cc1C=Cc1ccc(N(c2ccccc2)c2ccccc2)cc1. The second-order valence-electron chi connectivity index (χ2n) is 12.1. The summed E-state index contributed by atoms with van der Waals surface area (Å²) in [6.07, 6.45) is 7.78. The summed E-state index contributed by atoms with van der Waals surface area (Å²) in [6.45, 7) is 7.91. The molecule has 52 heavy (non-hydrogen) atoms. The lowest BCUT2D eigenvalue weighted by molar-refractivity contribution is 1.28. The van der Waals surface area contributed by atoms with Crippen LogP contribution in [0.5, 0.6) is 0 Å². The van der Waals surface area contributed by atoms with Crippen LogP contribution in [-0.2, 0) is 0 Å². The van der Waals surface area contributed by atoms with E-state index in [0.717, 1.165) is 45.3 Å². The molecular formula is C48H34N4. The molecule has 0 atom stereocenters. The van der Waals surface area contributed by atoms with E-state index in [4.69, 9.17) is 6.57 Å². The Morgan fingerprint density at radius 2 is 0.769 bits per heavy atom. The van der Waals surface area contributed by atoms with Gasteiger partial charge in [-0.1, -0.05) is 121 Å². The number of para-hydroxylation sites is 4. The van der Waals surface area contributed by atoms with Crippen molar-refractivity contribution in [2.24, 2.45) is 0 Å². The van der Waals surface area contributed by atoms with Crippen molar-refractivity contribution in [1.82, 2.24) is 0 Å². The minimum absolute atomic E-state index is 0.488. The Morgan fingerprint density at radius 1 is 0.423 bits per heavy atom. The molecule has 0 saturated heterocycles. The van der Waals surface area contributed by atoms with Crippen molar-refractivity contribution >= 4 is 64.1 Å². The van der Waals surface area contributed by atoms with Crippen molar-refractivity contribution in [1.29, 1.82) is 5.26 Å². The van der Waals surface area contributed by atoms with Gasteiger partial charge in [0.05, 0.1) is 18.2 Å². The van der Waals surface area contributed by atoms with Crippen LogP contribution in [0.4, 0.5) is 39.8 Å². The van der Waals surface area contributed by atoms with E-state index in [-0.39, 0.29) is 0 Å². The Hall–Kier alpha value is -7.40. The third-order valence-corrected chi connectivity index (χ3v) is 8.71. The number of anilines is 6. The molecular weight excluding hydrogens is 633 g/mol.